The Bertz CT molecular complexity index is 1240. The van der Waals surface area contributed by atoms with Crippen LogP contribution >= 0.6 is 0 Å². The van der Waals surface area contributed by atoms with Gasteiger partial charge in [-0.2, -0.15) is 0 Å². The lowest BCUT2D eigenvalue weighted by Crippen LogP contribution is -2.31. The zero-order valence-corrected chi connectivity index (χ0v) is 24.1. The van der Waals surface area contributed by atoms with Gasteiger partial charge in [0.1, 0.15) is 17.1 Å². The molecule has 39 heavy (non-hydrogen) atoms. The van der Waals surface area contributed by atoms with Gasteiger partial charge in [0.05, 0.1) is 5.56 Å². The number of ether oxygens (including phenoxy) is 2. The second-order valence-electron chi connectivity index (χ2n) is 11.4. The maximum absolute atomic E-state index is 12.8. The number of hydrogen-bond donors (Lipinski definition) is 0. The molecule has 0 atom stereocenters. The van der Waals surface area contributed by atoms with Crippen molar-refractivity contribution in [1.29, 1.82) is 0 Å². The summed E-state index contributed by atoms with van der Waals surface area (Å²) < 4.78 is 12.0. The molecule has 0 radical (unpaired) electrons. The summed E-state index contributed by atoms with van der Waals surface area (Å²) in [6, 6.07) is 23.4. The molecule has 0 heterocycles. The largest absolute Gasteiger partial charge is 0.488 e. The molecular weight excluding hydrogens is 484 g/mol. The van der Waals surface area contributed by atoms with Crippen molar-refractivity contribution in [2.24, 2.45) is 5.92 Å². The van der Waals surface area contributed by atoms with Crippen LogP contribution in [-0.4, -0.2) is 17.4 Å². The van der Waals surface area contributed by atoms with E-state index in [0.717, 1.165) is 31.4 Å². The van der Waals surface area contributed by atoms with Gasteiger partial charge in [0.2, 0.25) is 0 Å². The first kappa shape index (κ1) is 28.6. The van der Waals surface area contributed by atoms with Crippen LogP contribution in [0.25, 0.3) is 0 Å². The highest BCUT2D eigenvalue weighted by molar-refractivity contribution is 5.98. The summed E-state index contributed by atoms with van der Waals surface area (Å²) in [5.74, 6) is 0.974. The van der Waals surface area contributed by atoms with Crippen molar-refractivity contribution < 1.29 is 19.1 Å². The van der Waals surface area contributed by atoms with Gasteiger partial charge in [0.15, 0.2) is 5.78 Å². The summed E-state index contributed by atoms with van der Waals surface area (Å²) in [5, 5.41) is 0. The summed E-state index contributed by atoms with van der Waals surface area (Å²) in [6.07, 6.45) is 7.75. The Morgan fingerprint density at radius 3 is 1.72 bits per heavy atom. The smallest absolute Gasteiger partial charge is 0.343 e. The molecule has 0 amide bonds. The Morgan fingerprint density at radius 1 is 0.744 bits per heavy atom. The average Bonchev–Trinajstić information content (AvgIpc) is 2.97. The molecule has 4 nitrogen and oxygen atoms in total. The standard InChI is InChI=1S/C35H42O4/c1-6-34(5,7-2)39-31-21-17-29(18-22-31)35(23-9-8-10-24-35)28-15-19-30(20-16-28)38-33(37)27-13-11-26(12-14-27)32(36)25(3)4/h11-22,25H,6-10,23-24H2,1-5H3. The lowest BCUT2D eigenvalue weighted by atomic mass is 9.65. The number of esters is 1. The highest BCUT2D eigenvalue weighted by atomic mass is 16.5. The van der Waals surface area contributed by atoms with Crippen molar-refractivity contribution in [3.63, 3.8) is 0 Å². The van der Waals surface area contributed by atoms with E-state index in [1.165, 1.54) is 30.4 Å². The van der Waals surface area contributed by atoms with Gasteiger partial charge in [-0.15, -0.1) is 0 Å². The SMILES string of the molecule is CCC(C)(CC)Oc1ccc(C2(c3ccc(OC(=O)c4ccc(C(=O)C(C)C)cc4)cc3)CCCCC2)cc1. The predicted molar refractivity (Wildman–Crippen MR) is 157 cm³/mol. The average molecular weight is 527 g/mol. The van der Waals surface area contributed by atoms with Crippen LogP contribution in [0.15, 0.2) is 72.8 Å². The van der Waals surface area contributed by atoms with Crippen LogP contribution in [0, 0.1) is 5.92 Å². The number of ketones is 1. The Hall–Kier alpha value is -3.40. The highest BCUT2D eigenvalue weighted by Gasteiger charge is 2.36. The molecule has 0 aromatic heterocycles. The van der Waals surface area contributed by atoms with Crippen LogP contribution < -0.4 is 9.47 Å². The van der Waals surface area contributed by atoms with Crippen molar-refractivity contribution in [2.45, 2.75) is 90.6 Å². The highest BCUT2D eigenvalue weighted by Crippen LogP contribution is 2.45. The van der Waals surface area contributed by atoms with Gasteiger partial charge in [0, 0.05) is 16.9 Å². The first-order chi connectivity index (χ1) is 18.7. The fraction of sp³-hybridized carbons (Fsp3) is 0.429. The summed E-state index contributed by atoms with van der Waals surface area (Å²) >= 11 is 0. The van der Waals surface area contributed by atoms with Crippen LogP contribution in [0.3, 0.4) is 0 Å². The third kappa shape index (κ3) is 6.43. The summed E-state index contributed by atoms with van der Waals surface area (Å²) in [7, 11) is 0. The third-order valence-corrected chi connectivity index (χ3v) is 8.52. The van der Waals surface area contributed by atoms with E-state index in [2.05, 4.69) is 57.2 Å². The number of rotatable bonds is 10. The molecule has 1 aliphatic carbocycles. The van der Waals surface area contributed by atoms with Gasteiger partial charge >= 0.3 is 5.97 Å². The maximum Gasteiger partial charge on any atom is 0.343 e. The molecule has 0 spiro atoms. The third-order valence-electron chi connectivity index (χ3n) is 8.52. The van der Waals surface area contributed by atoms with E-state index in [0.29, 0.717) is 16.9 Å². The Kier molecular flexibility index (Phi) is 8.94. The Morgan fingerprint density at radius 2 is 1.23 bits per heavy atom. The number of hydrogen-bond acceptors (Lipinski definition) is 4. The Labute approximate surface area is 233 Å². The minimum Gasteiger partial charge on any atom is -0.488 e. The fourth-order valence-electron chi connectivity index (χ4n) is 5.53. The van der Waals surface area contributed by atoms with Gasteiger partial charge in [-0.3, -0.25) is 4.79 Å². The van der Waals surface area contributed by atoms with Crippen molar-refractivity contribution in [1.82, 2.24) is 0 Å². The first-order valence-corrected chi connectivity index (χ1v) is 14.5. The van der Waals surface area contributed by atoms with Crippen molar-refractivity contribution in [2.75, 3.05) is 0 Å². The van der Waals surface area contributed by atoms with Crippen LogP contribution in [0.1, 0.15) is 111 Å². The molecule has 3 aromatic rings. The number of carbonyl (C=O) groups is 2. The van der Waals surface area contributed by atoms with Crippen LogP contribution in [0.5, 0.6) is 11.5 Å². The van der Waals surface area contributed by atoms with Gasteiger partial charge in [-0.1, -0.05) is 83.4 Å². The predicted octanol–water partition coefficient (Wildman–Crippen LogP) is 8.95. The molecule has 0 N–H and O–H groups in total. The Balaban J connectivity index is 1.51. The van der Waals surface area contributed by atoms with E-state index in [-0.39, 0.29) is 22.7 Å². The molecule has 1 aliphatic rings. The van der Waals surface area contributed by atoms with E-state index in [1.807, 2.05) is 26.0 Å². The monoisotopic (exact) mass is 526 g/mol. The fourth-order valence-corrected chi connectivity index (χ4v) is 5.53. The lowest BCUT2D eigenvalue weighted by Gasteiger charge is -2.39. The van der Waals surface area contributed by atoms with Crippen molar-refractivity contribution in [3.8, 4) is 11.5 Å². The second kappa shape index (κ2) is 12.2. The molecule has 3 aromatic carbocycles. The van der Waals surface area contributed by atoms with E-state index < -0.39 is 5.97 Å². The van der Waals surface area contributed by atoms with Gasteiger partial charge < -0.3 is 9.47 Å². The molecule has 1 fully saturated rings. The van der Waals surface area contributed by atoms with Crippen molar-refractivity contribution >= 4 is 11.8 Å². The maximum atomic E-state index is 12.8. The molecule has 206 valence electrons. The molecule has 0 saturated heterocycles. The van der Waals surface area contributed by atoms with Gasteiger partial charge in [0.25, 0.3) is 0 Å². The normalized spacial score (nSPS) is 15.1. The van der Waals surface area contributed by atoms with Gasteiger partial charge in [-0.25, -0.2) is 4.79 Å². The molecule has 4 heteroatoms. The molecule has 1 saturated carbocycles. The van der Waals surface area contributed by atoms with Crippen LogP contribution in [0.4, 0.5) is 0 Å². The molecule has 0 unspecified atom stereocenters. The topological polar surface area (TPSA) is 52.6 Å². The quantitative estimate of drug-likeness (QED) is 0.150. The zero-order valence-electron chi connectivity index (χ0n) is 24.1. The van der Waals surface area contributed by atoms with E-state index in [4.69, 9.17) is 9.47 Å². The van der Waals surface area contributed by atoms with E-state index in [9.17, 15) is 9.59 Å². The second-order valence-corrected chi connectivity index (χ2v) is 11.4. The van der Waals surface area contributed by atoms with E-state index in [1.54, 1.807) is 24.3 Å². The number of benzene rings is 3. The lowest BCUT2D eigenvalue weighted by molar-refractivity contribution is 0.0733. The van der Waals surface area contributed by atoms with Crippen LogP contribution in [0.2, 0.25) is 0 Å². The number of Topliss-reactive ketones (excluding diaryl/α,β-unsaturated/α-hetero) is 1. The molecular formula is C35H42O4. The summed E-state index contributed by atoms with van der Waals surface area (Å²) in [5.41, 5.74) is 3.38. The number of carbonyl (C=O) groups excluding carboxylic acids is 2. The molecule has 4 rings (SSSR count). The summed E-state index contributed by atoms with van der Waals surface area (Å²) in [6.45, 7) is 10.2. The zero-order chi connectivity index (χ0) is 28.0. The summed E-state index contributed by atoms with van der Waals surface area (Å²) in [4.78, 5) is 24.9. The molecule has 0 bridgehead atoms. The molecule has 0 aliphatic heterocycles. The van der Waals surface area contributed by atoms with Crippen molar-refractivity contribution in [3.05, 3.63) is 95.1 Å². The van der Waals surface area contributed by atoms with Gasteiger partial charge in [-0.05, 0) is 80.1 Å². The minimum absolute atomic E-state index is 0.0586. The van der Waals surface area contributed by atoms with Crippen LogP contribution in [-0.2, 0) is 5.41 Å². The first-order valence-electron chi connectivity index (χ1n) is 14.5. The minimum atomic E-state index is -0.430. The van der Waals surface area contributed by atoms with E-state index >= 15 is 0 Å².